The van der Waals surface area contributed by atoms with E-state index in [2.05, 4.69) is 0 Å². The highest BCUT2D eigenvalue weighted by atomic mass is 16.6. The summed E-state index contributed by atoms with van der Waals surface area (Å²) in [5, 5.41) is 10.9. The molecule has 2 bridgehead atoms. The molecule has 0 aromatic heterocycles. The number of fused-ring (bicyclic) bond motifs is 4. The Hall–Kier alpha value is -1.69. The minimum absolute atomic E-state index is 0.0112. The van der Waals surface area contributed by atoms with Crippen molar-refractivity contribution >= 4 is 17.7 Å². The van der Waals surface area contributed by atoms with Crippen LogP contribution in [-0.4, -0.2) is 41.1 Å². The van der Waals surface area contributed by atoms with E-state index in [-0.39, 0.29) is 25.2 Å². The van der Waals surface area contributed by atoms with Gasteiger partial charge in [0, 0.05) is 11.8 Å². The minimum atomic E-state index is -1.89. The first kappa shape index (κ1) is 12.1. The molecule has 4 aliphatic rings. The maximum atomic E-state index is 12.0. The highest BCUT2D eigenvalue weighted by Gasteiger charge is 2.75. The summed E-state index contributed by atoms with van der Waals surface area (Å²) < 4.78 is 10.3. The van der Waals surface area contributed by atoms with Gasteiger partial charge in [0.15, 0.2) is 5.78 Å². The molecule has 1 N–H and O–H groups in total. The molecule has 0 unspecified atom stereocenters. The molecular weight excluding hydrogens is 264 g/mol. The number of ether oxygens (including phenoxy) is 2. The van der Waals surface area contributed by atoms with Gasteiger partial charge < -0.3 is 14.6 Å². The van der Waals surface area contributed by atoms with Gasteiger partial charge in [-0.3, -0.25) is 9.59 Å². The van der Waals surface area contributed by atoms with Crippen LogP contribution in [0.25, 0.3) is 0 Å². The molecule has 106 valence electrons. The van der Waals surface area contributed by atoms with E-state index in [1.54, 1.807) is 6.92 Å². The lowest BCUT2D eigenvalue weighted by molar-refractivity contribution is -0.210. The highest BCUT2D eigenvalue weighted by molar-refractivity contribution is 5.98. The number of aliphatic hydroxyl groups is 1. The molecule has 0 aromatic carbocycles. The third-order valence-corrected chi connectivity index (χ3v) is 5.43. The Kier molecular flexibility index (Phi) is 1.90. The Morgan fingerprint density at radius 2 is 2.05 bits per heavy atom. The molecule has 4 rings (SSSR count). The van der Waals surface area contributed by atoms with Crippen molar-refractivity contribution in [3.05, 3.63) is 11.6 Å². The Labute approximate surface area is 114 Å². The summed E-state index contributed by atoms with van der Waals surface area (Å²) in [6.45, 7) is 1.72. The molecule has 0 aromatic rings. The quantitative estimate of drug-likeness (QED) is 0.622. The maximum Gasteiger partial charge on any atom is 0.343 e. The summed E-state index contributed by atoms with van der Waals surface area (Å²) in [4.78, 5) is 35.8. The number of ketones is 1. The molecule has 0 radical (unpaired) electrons. The predicted molar refractivity (Wildman–Crippen MR) is 63.3 cm³/mol. The van der Waals surface area contributed by atoms with Crippen molar-refractivity contribution in [2.45, 2.75) is 37.9 Å². The van der Waals surface area contributed by atoms with E-state index in [4.69, 9.17) is 9.47 Å². The number of cyclic esters (lactones) is 1. The van der Waals surface area contributed by atoms with Gasteiger partial charge in [-0.25, -0.2) is 4.79 Å². The molecule has 6 heteroatoms. The molecule has 6 nitrogen and oxygen atoms in total. The molecule has 2 aliphatic carbocycles. The van der Waals surface area contributed by atoms with Crippen molar-refractivity contribution in [1.82, 2.24) is 0 Å². The smallest absolute Gasteiger partial charge is 0.343 e. The molecular formula is C14H14O6. The highest BCUT2D eigenvalue weighted by Crippen LogP contribution is 2.65. The Balaban J connectivity index is 1.98. The second-order valence-corrected chi connectivity index (χ2v) is 6.52. The first-order valence-electron chi connectivity index (χ1n) is 6.66. The number of esters is 2. The summed E-state index contributed by atoms with van der Waals surface area (Å²) in [5.41, 5.74) is -2.81. The second kappa shape index (κ2) is 3.14. The Morgan fingerprint density at radius 3 is 2.80 bits per heavy atom. The van der Waals surface area contributed by atoms with E-state index in [1.165, 1.54) is 6.08 Å². The fourth-order valence-corrected chi connectivity index (χ4v) is 4.48. The van der Waals surface area contributed by atoms with Crippen LogP contribution < -0.4 is 0 Å². The fourth-order valence-electron chi connectivity index (χ4n) is 4.48. The third-order valence-electron chi connectivity index (χ3n) is 5.43. The third kappa shape index (κ3) is 1.05. The Bertz CT molecular complexity index is 607. The van der Waals surface area contributed by atoms with Crippen LogP contribution >= 0.6 is 0 Å². The van der Waals surface area contributed by atoms with Gasteiger partial charge in [0.25, 0.3) is 0 Å². The van der Waals surface area contributed by atoms with Gasteiger partial charge in [0.2, 0.25) is 5.60 Å². The van der Waals surface area contributed by atoms with E-state index in [9.17, 15) is 19.5 Å². The zero-order chi connectivity index (χ0) is 14.3. The monoisotopic (exact) mass is 278 g/mol. The number of carbonyl (C=O) groups is 3. The van der Waals surface area contributed by atoms with E-state index in [0.717, 1.165) is 0 Å². The first-order chi connectivity index (χ1) is 9.32. The Morgan fingerprint density at radius 1 is 1.30 bits per heavy atom. The topological polar surface area (TPSA) is 89.9 Å². The molecule has 2 saturated heterocycles. The second-order valence-electron chi connectivity index (χ2n) is 6.52. The van der Waals surface area contributed by atoms with Gasteiger partial charge in [-0.2, -0.15) is 0 Å². The summed E-state index contributed by atoms with van der Waals surface area (Å²) in [6, 6.07) is 0. The number of carbonyl (C=O) groups excluding carboxylic acids is 3. The van der Waals surface area contributed by atoms with Gasteiger partial charge in [-0.15, -0.1) is 0 Å². The molecule has 0 amide bonds. The van der Waals surface area contributed by atoms with Crippen LogP contribution in [0.5, 0.6) is 0 Å². The van der Waals surface area contributed by atoms with E-state index in [1.807, 2.05) is 0 Å². The van der Waals surface area contributed by atoms with E-state index < -0.39 is 34.5 Å². The number of rotatable bonds is 0. The van der Waals surface area contributed by atoms with Crippen LogP contribution in [0, 0.1) is 10.8 Å². The minimum Gasteiger partial charge on any atom is -0.462 e. The molecule has 2 heterocycles. The zero-order valence-electron chi connectivity index (χ0n) is 11.0. The molecule has 4 atom stereocenters. The summed E-state index contributed by atoms with van der Waals surface area (Å²) in [5.74, 6) is -1.32. The lowest BCUT2D eigenvalue weighted by Gasteiger charge is -2.55. The predicted octanol–water partition coefficient (Wildman–Crippen LogP) is -0.115. The van der Waals surface area contributed by atoms with Crippen LogP contribution in [0.3, 0.4) is 0 Å². The molecule has 2 aliphatic heterocycles. The lowest BCUT2D eigenvalue weighted by Crippen LogP contribution is -2.67. The van der Waals surface area contributed by atoms with E-state index >= 15 is 0 Å². The van der Waals surface area contributed by atoms with E-state index in [0.29, 0.717) is 12.0 Å². The number of hydrogen-bond donors (Lipinski definition) is 1. The standard InChI is InChI=1S/C14H14O6/c1-12-6-19-11(17)14(12,18)9-4-13(5-10(16)20-9)3-7(15)2-8(12)13/h2,9,18H,3-6H2,1H3/t9-,12+,13-,14-/m1/s1. The maximum absolute atomic E-state index is 12.0. The number of hydrogen-bond acceptors (Lipinski definition) is 6. The van der Waals surface area contributed by atoms with Crippen LogP contribution in [0.1, 0.15) is 26.2 Å². The summed E-state index contributed by atoms with van der Waals surface area (Å²) in [6.07, 6.45) is 1.22. The largest absolute Gasteiger partial charge is 0.462 e. The lowest BCUT2D eigenvalue weighted by atomic mass is 9.51. The molecule has 1 spiro atoms. The zero-order valence-corrected chi connectivity index (χ0v) is 11.0. The van der Waals surface area contributed by atoms with Gasteiger partial charge >= 0.3 is 11.9 Å². The van der Waals surface area contributed by atoms with Crippen molar-refractivity contribution in [3.63, 3.8) is 0 Å². The van der Waals surface area contributed by atoms with Crippen LogP contribution in [0.15, 0.2) is 11.6 Å². The summed E-state index contributed by atoms with van der Waals surface area (Å²) >= 11 is 0. The molecule has 3 fully saturated rings. The average molecular weight is 278 g/mol. The number of allylic oxidation sites excluding steroid dienone is 1. The normalized spacial score (nSPS) is 49.2. The van der Waals surface area contributed by atoms with Crippen molar-refractivity contribution in [2.24, 2.45) is 10.8 Å². The van der Waals surface area contributed by atoms with Gasteiger partial charge in [0.1, 0.15) is 12.7 Å². The molecule has 1 saturated carbocycles. The fraction of sp³-hybridized carbons (Fsp3) is 0.643. The summed E-state index contributed by atoms with van der Waals surface area (Å²) in [7, 11) is 0. The van der Waals surface area contributed by atoms with Crippen LogP contribution in [0.4, 0.5) is 0 Å². The van der Waals surface area contributed by atoms with Crippen molar-refractivity contribution in [2.75, 3.05) is 6.61 Å². The molecule has 20 heavy (non-hydrogen) atoms. The van der Waals surface area contributed by atoms with Crippen molar-refractivity contribution < 1.29 is 29.0 Å². The van der Waals surface area contributed by atoms with Crippen molar-refractivity contribution in [1.29, 1.82) is 0 Å². The van der Waals surface area contributed by atoms with Gasteiger partial charge in [-0.1, -0.05) is 0 Å². The first-order valence-corrected chi connectivity index (χ1v) is 6.66. The van der Waals surface area contributed by atoms with Crippen LogP contribution in [0.2, 0.25) is 0 Å². The average Bonchev–Trinajstić information content (AvgIpc) is 2.80. The van der Waals surface area contributed by atoms with Crippen molar-refractivity contribution in [3.8, 4) is 0 Å². The van der Waals surface area contributed by atoms with Gasteiger partial charge in [0.05, 0.1) is 11.8 Å². The SMILES string of the molecule is C[C@@]12COC(=O)[C@]1(O)[C@H]1C[C@]3(CC(=O)C=C32)CC(=O)O1. The van der Waals surface area contributed by atoms with Gasteiger partial charge in [-0.05, 0) is 25.0 Å². The van der Waals surface area contributed by atoms with Crippen LogP contribution in [-0.2, 0) is 23.9 Å².